The Kier molecular flexibility index (Phi) is 7.80. The van der Waals surface area contributed by atoms with Crippen LogP contribution in [0.1, 0.15) is 24.2 Å². The normalized spacial score (nSPS) is 10.7. The lowest BCUT2D eigenvalue weighted by atomic mass is 10.1. The van der Waals surface area contributed by atoms with E-state index in [1.54, 1.807) is 13.8 Å². The predicted octanol–water partition coefficient (Wildman–Crippen LogP) is 1.10. The maximum Gasteiger partial charge on any atom is 0.323 e. The highest BCUT2D eigenvalue weighted by Gasteiger charge is 2.20. The Morgan fingerprint density at radius 1 is 1.32 bits per heavy atom. The van der Waals surface area contributed by atoms with Crippen LogP contribution in [-0.4, -0.2) is 57.8 Å². The number of carbonyl (C=O) groups is 2. The molecule has 0 unspecified atom stereocenters. The number of benzene rings is 1. The minimum absolute atomic E-state index is 0.0244. The first-order valence-corrected chi connectivity index (χ1v) is 9.29. The Bertz CT molecular complexity index is 1050. The van der Waals surface area contributed by atoms with Gasteiger partial charge in [0, 0.05) is 43.0 Å². The number of carboxylic acids is 1. The lowest BCUT2D eigenvalue weighted by Gasteiger charge is -2.15. The van der Waals surface area contributed by atoms with E-state index in [-0.39, 0.29) is 41.8 Å². The summed E-state index contributed by atoms with van der Waals surface area (Å²) in [6.45, 7) is 3.31. The summed E-state index contributed by atoms with van der Waals surface area (Å²) >= 11 is 0. The summed E-state index contributed by atoms with van der Waals surface area (Å²) in [5.74, 6) is -1.92. The number of ether oxygens (including phenoxy) is 1. The van der Waals surface area contributed by atoms with Gasteiger partial charge in [-0.25, -0.2) is 4.98 Å². The van der Waals surface area contributed by atoms with Crippen LogP contribution in [0.3, 0.4) is 0 Å². The van der Waals surface area contributed by atoms with Crippen molar-refractivity contribution in [3.8, 4) is 11.3 Å². The van der Waals surface area contributed by atoms with Crippen molar-refractivity contribution in [3.63, 3.8) is 0 Å². The van der Waals surface area contributed by atoms with E-state index < -0.39 is 34.6 Å². The molecule has 0 aliphatic rings. The number of anilines is 1. The zero-order chi connectivity index (χ0) is 23.1. The summed E-state index contributed by atoms with van der Waals surface area (Å²) in [4.78, 5) is 51.3. The largest absolute Gasteiger partial charge is 0.480 e. The number of carboxylic acid groups (broad SMARTS) is 1. The van der Waals surface area contributed by atoms with E-state index in [2.05, 4.69) is 15.6 Å². The van der Waals surface area contributed by atoms with Crippen molar-refractivity contribution in [3.05, 3.63) is 50.4 Å². The third-order valence-corrected chi connectivity index (χ3v) is 4.05. The molecule has 3 N–H and O–H groups in total. The highest BCUT2D eigenvalue weighted by Crippen LogP contribution is 2.26. The maximum atomic E-state index is 12.8. The molecule has 166 valence electrons. The smallest absolute Gasteiger partial charge is 0.323 e. The molecule has 0 atom stereocenters. The first-order valence-electron chi connectivity index (χ1n) is 9.29. The first-order chi connectivity index (χ1) is 14.6. The minimum atomic E-state index is -1.28. The highest BCUT2D eigenvalue weighted by molar-refractivity contribution is 5.96. The van der Waals surface area contributed by atoms with E-state index in [0.29, 0.717) is 0 Å². The number of hydrogen-bond donors (Lipinski definition) is 3. The molecular weight excluding hydrogens is 410 g/mol. The van der Waals surface area contributed by atoms with Crippen molar-refractivity contribution in [1.29, 1.82) is 0 Å². The number of hydrogen-bond acceptors (Lipinski definition) is 8. The van der Waals surface area contributed by atoms with E-state index in [1.165, 1.54) is 19.4 Å². The number of aliphatic carboxylic acids is 1. The van der Waals surface area contributed by atoms with E-state index in [1.807, 2.05) is 0 Å². The van der Waals surface area contributed by atoms with Crippen LogP contribution in [0.25, 0.3) is 11.3 Å². The Morgan fingerprint density at radius 2 is 2.03 bits per heavy atom. The fourth-order valence-electron chi connectivity index (χ4n) is 2.75. The van der Waals surface area contributed by atoms with Crippen molar-refractivity contribution in [2.75, 3.05) is 25.6 Å². The third-order valence-electron chi connectivity index (χ3n) is 4.05. The molecule has 1 aromatic heterocycles. The van der Waals surface area contributed by atoms with Gasteiger partial charge in [-0.3, -0.25) is 29.1 Å². The number of nitro benzene ring substituents is 1. The van der Waals surface area contributed by atoms with Gasteiger partial charge in [-0.05, 0) is 19.9 Å². The molecular formula is C19H23N5O7. The fourth-order valence-corrected chi connectivity index (χ4v) is 2.75. The lowest BCUT2D eigenvalue weighted by molar-refractivity contribution is -0.384. The van der Waals surface area contributed by atoms with Crippen LogP contribution in [-0.2, 0) is 16.1 Å². The Balaban J connectivity index is 2.63. The second kappa shape index (κ2) is 10.3. The highest BCUT2D eigenvalue weighted by atomic mass is 16.6. The molecule has 12 heteroatoms. The summed E-state index contributed by atoms with van der Waals surface area (Å²) < 4.78 is 5.79. The number of nitro groups is 1. The van der Waals surface area contributed by atoms with Crippen LogP contribution in [0.2, 0.25) is 0 Å². The van der Waals surface area contributed by atoms with Crippen LogP contribution < -0.4 is 16.2 Å². The molecule has 0 saturated heterocycles. The molecule has 0 fully saturated rings. The van der Waals surface area contributed by atoms with Gasteiger partial charge >= 0.3 is 5.97 Å². The Labute approximate surface area is 177 Å². The zero-order valence-electron chi connectivity index (χ0n) is 17.2. The monoisotopic (exact) mass is 433 g/mol. The summed E-state index contributed by atoms with van der Waals surface area (Å²) in [6, 6.07) is 3.44. The minimum Gasteiger partial charge on any atom is -0.480 e. The van der Waals surface area contributed by atoms with Crippen LogP contribution in [0, 0.1) is 10.1 Å². The van der Waals surface area contributed by atoms with Gasteiger partial charge in [0.15, 0.2) is 5.82 Å². The second-order valence-corrected chi connectivity index (χ2v) is 6.85. The van der Waals surface area contributed by atoms with Crippen molar-refractivity contribution < 1.29 is 24.4 Å². The van der Waals surface area contributed by atoms with Crippen molar-refractivity contribution in [2.24, 2.45) is 0 Å². The number of non-ortho nitro benzene ring substituents is 1. The van der Waals surface area contributed by atoms with Gasteiger partial charge in [0.1, 0.15) is 6.54 Å². The number of methoxy groups -OCH3 is 1. The molecule has 12 nitrogen and oxygen atoms in total. The molecule has 0 radical (unpaired) electrons. The molecule has 31 heavy (non-hydrogen) atoms. The van der Waals surface area contributed by atoms with Crippen LogP contribution in [0.15, 0.2) is 29.2 Å². The number of amides is 1. The number of aromatic nitrogens is 2. The topological polar surface area (TPSA) is 166 Å². The number of carbonyl (C=O) groups excluding carboxylic acids is 1. The Morgan fingerprint density at radius 3 is 2.61 bits per heavy atom. The summed E-state index contributed by atoms with van der Waals surface area (Å²) in [5, 5.41) is 26.0. The molecule has 1 amide bonds. The summed E-state index contributed by atoms with van der Waals surface area (Å²) in [5.41, 5.74) is -0.998. The van der Waals surface area contributed by atoms with Gasteiger partial charge in [0.25, 0.3) is 17.2 Å². The van der Waals surface area contributed by atoms with E-state index >= 15 is 0 Å². The van der Waals surface area contributed by atoms with Gasteiger partial charge < -0.3 is 20.5 Å². The Hall–Kier alpha value is -3.80. The lowest BCUT2D eigenvalue weighted by Crippen LogP contribution is -2.30. The van der Waals surface area contributed by atoms with Crippen LogP contribution >= 0.6 is 0 Å². The molecule has 0 saturated carbocycles. The van der Waals surface area contributed by atoms with Crippen molar-refractivity contribution in [2.45, 2.75) is 26.4 Å². The molecule has 0 aliphatic carbocycles. The molecule has 1 heterocycles. The van der Waals surface area contributed by atoms with Gasteiger partial charge in [-0.2, -0.15) is 0 Å². The van der Waals surface area contributed by atoms with E-state index in [0.717, 1.165) is 16.7 Å². The van der Waals surface area contributed by atoms with E-state index in [9.17, 15) is 29.6 Å². The summed E-state index contributed by atoms with van der Waals surface area (Å²) in [6.07, 6.45) is 1.24. The van der Waals surface area contributed by atoms with Gasteiger partial charge in [0.05, 0.1) is 23.4 Å². The van der Waals surface area contributed by atoms with Crippen LogP contribution in [0.4, 0.5) is 11.5 Å². The quantitative estimate of drug-likeness (QED) is 0.282. The zero-order valence-corrected chi connectivity index (χ0v) is 17.2. The van der Waals surface area contributed by atoms with Gasteiger partial charge in [-0.1, -0.05) is 0 Å². The average molecular weight is 433 g/mol. The van der Waals surface area contributed by atoms with Crippen molar-refractivity contribution in [1.82, 2.24) is 14.9 Å². The SMILES string of the molecule is COCCNC(=O)c1cc(-c2cnc(NC(C)C)c(=O)n2CC(=O)O)cc([N+](=O)[O-])c1. The standard InChI is InChI=1S/C19H23N5O7/c1-11(2)22-17-19(28)23(10-16(25)26)15(9-21-17)12-6-13(8-14(7-12)24(29)30)18(27)20-4-5-31-3/h6-9,11H,4-5,10H2,1-3H3,(H,20,27)(H,21,22)(H,25,26). The van der Waals surface area contributed by atoms with Crippen LogP contribution in [0.5, 0.6) is 0 Å². The second-order valence-electron chi connectivity index (χ2n) is 6.85. The first kappa shape index (κ1) is 23.5. The average Bonchev–Trinajstić information content (AvgIpc) is 2.70. The molecule has 1 aromatic carbocycles. The molecule has 2 aromatic rings. The number of nitrogens with zero attached hydrogens (tertiary/aromatic N) is 3. The number of rotatable bonds is 10. The molecule has 0 spiro atoms. The van der Waals surface area contributed by atoms with E-state index in [4.69, 9.17) is 4.74 Å². The molecule has 0 bridgehead atoms. The maximum absolute atomic E-state index is 12.8. The van der Waals surface area contributed by atoms with Gasteiger partial charge in [-0.15, -0.1) is 0 Å². The fraction of sp³-hybridized carbons (Fsp3) is 0.368. The third kappa shape index (κ3) is 6.09. The van der Waals surface area contributed by atoms with Gasteiger partial charge in [0.2, 0.25) is 0 Å². The molecule has 0 aliphatic heterocycles. The number of nitrogens with one attached hydrogen (secondary N) is 2. The predicted molar refractivity (Wildman–Crippen MR) is 111 cm³/mol. The summed E-state index contributed by atoms with van der Waals surface area (Å²) in [7, 11) is 1.46. The van der Waals surface area contributed by atoms with Crippen molar-refractivity contribution >= 4 is 23.4 Å². The molecule has 2 rings (SSSR count).